The zero-order valence-electron chi connectivity index (χ0n) is 11.1. The van der Waals surface area contributed by atoms with E-state index in [4.69, 9.17) is 0 Å². The van der Waals surface area contributed by atoms with Crippen molar-refractivity contribution in [1.82, 2.24) is 10.2 Å². The van der Waals surface area contributed by atoms with Crippen molar-refractivity contribution in [1.29, 1.82) is 0 Å². The highest BCUT2D eigenvalue weighted by molar-refractivity contribution is 6.07. The number of hydrogen-bond donors (Lipinski definition) is 2. The molecule has 20 heavy (non-hydrogen) atoms. The molecule has 2 heterocycles. The molecule has 2 aliphatic rings. The van der Waals surface area contributed by atoms with E-state index >= 15 is 0 Å². The van der Waals surface area contributed by atoms with Gasteiger partial charge in [-0.25, -0.2) is 0 Å². The summed E-state index contributed by atoms with van der Waals surface area (Å²) in [6.07, 6.45) is 0.632. The first-order chi connectivity index (χ1) is 9.56. The Balaban J connectivity index is 1.65. The Bertz CT molecular complexity index is 574. The average molecular weight is 273 g/mol. The quantitative estimate of drug-likeness (QED) is 0.737. The molecule has 2 unspecified atom stereocenters. The zero-order chi connectivity index (χ0) is 14.3. The van der Waals surface area contributed by atoms with Crippen molar-refractivity contribution in [3.63, 3.8) is 0 Å². The van der Waals surface area contributed by atoms with Gasteiger partial charge in [0.05, 0.1) is 6.42 Å². The topological polar surface area (TPSA) is 78.5 Å². The molecule has 6 heteroatoms. The minimum atomic E-state index is -0.731. The van der Waals surface area contributed by atoms with Crippen molar-refractivity contribution in [3.05, 3.63) is 29.8 Å². The number of likely N-dealkylation sites (tertiary alicyclic amines) is 1. The minimum absolute atomic E-state index is 0.0424. The number of carbonyl (C=O) groups is 3. The summed E-state index contributed by atoms with van der Waals surface area (Å²) >= 11 is 0. The molecular weight excluding hydrogens is 258 g/mol. The monoisotopic (exact) mass is 273 g/mol. The third-order valence-corrected chi connectivity index (χ3v) is 3.79. The molecule has 2 atom stereocenters. The lowest BCUT2D eigenvalue weighted by atomic mass is 10.1. The molecule has 0 spiro atoms. The van der Waals surface area contributed by atoms with E-state index in [1.54, 1.807) is 0 Å². The number of fused-ring (bicyclic) bond motifs is 1. The van der Waals surface area contributed by atoms with Crippen LogP contribution in [-0.2, 0) is 20.8 Å². The summed E-state index contributed by atoms with van der Waals surface area (Å²) in [6, 6.07) is 6.59. The van der Waals surface area contributed by atoms with E-state index in [2.05, 4.69) is 10.6 Å². The standard InChI is InChI=1S/C14H15N3O3/c1-17-12(18)7-11(14(17)20)16-13(19)10-6-8-4-2-3-5-9(8)15-10/h2-5,10-11,15H,6-7H2,1H3,(H,16,19). The van der Waals surface area contributed by atoms with E-state index < -0.39 is 6.04 Å². The molecule has 0 bridgehead atoms. The third-order valence-electron chi connectivity index (χ3n) is 3.79. The molecule has 3 rings (SSSR count). The number of hydrogen-bond acceptors (Lipinski definition) is 4. The van der Waals surface area contributed by atoms with E-state index in [1.165, 1.54) is 7.05 Å². The number of nitrogens with one attached hydrogen (secondary N) is 2. The number of imide groups is 1. The van der Waals surface area contributed by atoms with Crippen molar-refractivity contribution < 1.29 is 14.4 Å². The number of benzene rings is 1. The van der Waals surface area contributed by atoms with Gasteiger partial charge < -0.3 is 10.6 Å². The third kappa shape index (κ3) is 2.03. The van der Waals surface area contributed by atoms with Crippen LogP contribution < -0.4 is 10.6 Å². The fourth-order valence-corrected chi connectivity index (χ4v) is 2.60. The van der Waals surface area contributed by atoms with Crippen LogP contribution in [0.3, 0.4) is 0 Å². The Hall–Kier alpha value is -2.37. The molecule has 0 radical (unpaired) electrons. The summed E-state index contributed by atoms with van der Waals surface area (Å²) in [4.78, 5) is 36.4. The van der Waals surface area contributed by atoms with Crippen LogP contribution in [0.4, 0.5) is 5.69 Å². The van der Waals surface area contributed by atoms with Gasteiger partial charge in [0.1, 0.15) is 12.1 Å². The SMILES string of the molecule is CN1C(=O)CC(NC(=O)C2Cc3ccccc3N2)C1=O. The van der Waals surface area contributed by atoms with Gasteiger partial charge in [-0.15, -0.1) is 0 Å². The van der Waals surface area contributed by atoms with Crippen LogP contribution in [0.25, 0.3) is 0 Å². The second kappa shape index (κ2) is 4.63. The Morgan fingerprint density at radius 2 is 2.05 bits per heavy atom. The molecule has 1 fully saturated rings. The molecule has 0 aliphatic carbocycles. The van der Waals surface area contributed by atoms with Crippen LogP contribution in [0, 0.1) is 0 Å². The molecule has 1 aromatic carbocycles. The maximum atomic E-state index is 12.2. The van der Waals surface area contributed by atoms with Crippen molar-refractivity contribution in [2.24, 2.45) is 0 Å². The second-order valence-corrected chi connectivity index (χ2v) is 5.11. The number of nitrogens with zero attached hydrogens (tertiary/aromatic N) is 1. The van der Waals surface area contributed by atoms with E-state index in [0.29, 0.717) is 6.42 Å². The molecule has 2 N–H and O–H groups in total. The lowest BCUT2D eigenvalue weighted by Gasteiger charge is -2.15. The van der Waals surface area contributed by atoms with Gasteiger partial charge in [-0.05, 0) is 11.6 Å². The van der Waals surface area contributed by atoms with Gasteiger partial charge in [0, 0.05) is 19.2 Å². The van der Waals surface area contributed by atoms with Crippen LogP contribution in [0.15, 0.2) is 24.3 Å². The molecule has 0 aromatic heterocycles. The number of rotatable bonds is 2. The van der Waals surface area contributed by atoms with Crippen LogP contribution in [0.5, 0.6) is 0 Å². The highest BCUT2D eigenvalue weighted by Gasteiger charge is 2.38. The predicted octanol–water partition coefficient (Wildman–Crippen LogP) is -0.103. The Labute approximate surface area is 116 Å². The fourth-order valence-electron chi connectivity index (χ4n) is 2.60. The second-order valence-electron chi connectivity index (χ2n) is 5.11. The Morgan fingerprint density at radius 3 is 2.70 bits per heavy atom. The molecule has 2 aliphatic heterocycles. The van der Waals surface area contributed by atoms with E-state index in [1.807, 2.05) is 24.3 Å². The smallest absolute Gasteiger partial charge is 0.252 e. The summed E-state index contributed by atoms with van der Waals surface area (Å²) in [5.41, 5.74) is 2.03. The highest BCUT2D eigenvalue weighted by Crippen LogP contribution is 2.25. The summed E-state index contributed by atoms with van der Waals surface area (Å²) < 4.78 is 0. The molecule has 1 aromatic rings. The molecule has 3 amide bonds. The normalized spacial score (nSPS) is 24.6. The highest BCUT2D eigenvalue weighted by atomic mass is 16.2. The first-order valence-electron chi connectivity index (χ1n) is 6.51. The van der Waals surface area contributed by atoms with E-state index in [0.717, 1.165) is 16.2 Å². The lowest BCUT2D eigenvalue weighted by Crippen LogP contribution is -2.46. The maximum absolute atomic E-state index is 12.2. The van der Waals surface area contributed by atoms with Crippen molar-refractivity contribution >= 4 is 23.4 Å². The van der Waals surface area contributed by atoms with Gasteiger partial charge in [-0.3, -0.25) is 19.3 Å². The van der Waals surface area contributed by atoms with Crippen molar-refractivity contribution in [2.75, 3.05) is 12.4 Å². The van der Waals surface area contributed by atoms with Crippen LogP contribution in [0.2, 0.25) is 0 Å². The number of para-hydroxylation sites is 1. The predicted molar refractivity (Wildman–Crippen MR) is 71.9 cm³/mol. The van der Waals surface area contributed by atoms with Gasteiger partial charge >= 0.3 is 0 Å². The van der Waals surface area contributed by atoms with Crippen LogP contribution >= 0.6 is 0 Å². The molecule has 0 saturated carbocycles. The summed E-state index contributed by atoms with van der Waals surface area (Å²) in [5, 5.41) is 5.78. The molecule has 104 valence electrons. The number of likely N-dealkylation sites (N-methyl/N-ethyl adjacent to an activating group) is 1. The van der Waals surface area contributed by atoms with Crippen LogP contribution in [0.1, 0.15) is 12.0 Å². The number of amides is 3. The molecule has 6 nitrogen and oxygen atoms in total. The fraction of sp³-hybridized carbons (Fsp3) is 0.357. The Morgan fingerprint density at radius 1 is 1.30 bits per heavy atom. The van der Waals surface area contributed by atoms with Gasteiger partial charge in [0.15, 0.2) is 0 Å². The first-order valence-corrected chi connectivity index (χ1v) is 6.51. The minimum Gasteiger partial charge on any atom is -0.373 e. The van der Waals surface area contributed by atoms with E-state index in [9.17, 15) is 14.4 Å². The Kier molecular flexibility index (Phi) is 2.93. The first kappa shape index (κ1) is 12.7. The van der Waals surface area contributed by atoms with Gasteiger partial charge in [-0.1, -0.05) is 18.2 Å². The molecule has 1 saturated heterocycles. The average Bonchev–Trinajstić information content (AvgIpc) is 2.97. The number of anilines is 1. The van der Waals surface area contributed by atoms with E-state index in [-0.39, 0.29) is 30.2 Å². The van der Waals surface area contributed by atoms with Gasteiger partial charge in [-0.2, -0.15) is 0 Å². The van der Waals surface area contributed by atoms with Gasteiger partial charge in [0.25, 0.3) is 5.91 Å². The summed E-state index contributed by atoms with van der Waals surface area (Å²) in [6.45, 7) is 0. The van der Waals surface area contributed by atoms with Crippen LogP contribution in [-0.4, -0.2) is 41.8 Å². The largest absolute Gasteiger partial charge is 0.373 e. The maximum Gasteiger partial charge on any atom is 0.252 e. The summed E-state index contributed by atoms with van der Waals surface area (Å²) in [5.74, 6) is -0.857. The molecular formula is C14H15N3O3. The van der Waals surface area contributed by atoms with Crippen molar-refractivity contribution in [2.45, 2.75) is 24.9 Å². The van der Waals surface area contributed by atoms with Gasteiger partial charge in [0.2, 0.25) is 11.8 Å². The number of carbonyl (C=O) groups excluding carboxylic acids is 3. The van der Waals surface area contributed by atoms with Crippen molar-refractivity contribution in [3.8, 4) is 0 Å². The summed E-state index contributed by atoms with van der Waals surface area (Å²) in [7, 11) is 1.43. The zero-order valence-corrected chi connectivity index (χ0v) is 11.1. The lowest BCUT2D eigenvalue weighted by molar-refractivity contribution is -0.138.